The summed E-state index contributed by atoms with van der Waals surface area (Å²) in [5, 5.41) is 10.2. The van der Waals surface area contributed by atoms with Crippen LogP contribution in [0.15, 0.2) is 18.2 Å². The van der Waals surface area contributed by atoms with E-state index in [4.69, 9.17) is 11.6 Å². The molecule has 76 valence electrons. The molecule has 0 radical (unpaired) electrons. The van der Waals surface area contributed by atoms with Crippen molar-refractivity contribution in [2.75, 3.05) is 0 Å². The van der Waals surface area contributed by atoms with E-state index in [-0.39, 0.29) is 12.3 Å². The summed E-state index contributed by atoms with van der Waals surface area (Å²) in [6.45, 7) is 0. The maximum absolute atomic E-state index is 11.6. The summed E-state index contributed by atoms with van der Waals surface area (Å²) >= 11 is 5.82. The summed E-state index contributed by atoms with van der Waals surface area (Å²) in [6, 6.07) is 5.13. The van der Waals surface area contributed by atoms with Crippen LogP contribution in [-0.4, -0.2) is 20.6 Å². The highest BCUT2D eigenvalue weighted by Gasteiger charge is 2.31. The Morgan fingerprint density at radius 2 is 2.33 bits per heavy atom. The Hall–Kier alpha value is -1.39. The van der Waals surface area contributed by atoms with Crippen molar-refractivity contribution < 1.29 is 9.90 Å². The van der Waals surface area contributed by atoms with E-state index < -0.39 is 6.10 Å². The number of carbonyl (C=O) groups is 1. The summed E-state index contributed by atoms with van der Waals surface area (Å²) in [5.74, 6) is 0.291. The number of aliphatic hydroxyl groups excluding tert-OH is 1. The lowest BCUT2D eigenvalue weighted by Gasteiger charge is -1.95. The SMILES string of the molecule is O=C1C[C@H](O)c2nc3cc(Cl)ccc3n21. The molecule has 3 rings (SSSR count). The van der Waals surface area contributed by atoms with E-state index >= 15 is 0 Å². The van der Waals surface area contributed by atoms with Crippen LogP contribution in [0.25, 0.3) is 11.0 Å². The first kappa shape index (κ1) is 8.88. The van der Waals surface area contributed by atoms with Crippen molar-refractivity contribution in [2.24, 2.45) is 0 Å². The van der Waals surface area contributed by atoms with Crippen LogP contribution in [0.4, 0.5) is 0 Å². The normalized spacial score (nSPS) is 19.9. The third-order valence-corrected chi connectivity index (χ3v) is 2.79. The van der Waals surface area contributed by atoms with Crippen molar-refractivity contribution in [2.45, 2.75) is 12.5 Å². The number of nitrogens with zero attached hydrogens (tertiary/aromatic N) is 2. The molecule has 1 aliphatic rings. The number of carbonyl (C=O) groups excluding carboxylic acids is 1. The molecule has 0 bridgehead atoms. The maximum Gasteiger partial charge on any atom is 0.235 e. The Kier molecular flexibility index (Phi) is 1.66. The number of fused-ring (bicyclic) bond motifs is 3. The van der Waals surface area contributed by atoms with Crippen molar-refractivity contribution in [1.29, 1.82) is 0 Å². The number of hydrogen-bond acceptors (Lipinski definition) is 3. The van der Waals surface area contributed by atoms with Gasteiger partial charge < -0.3 is 5.11 Å². The molecule has 1 atom stereocenters. The summed E-state index contributed by atoms with van der Waals surface area (Å²) in [4.78, 5) is 15.8. The van der Waals surface area contributed by atoms with Gasteiger partial charge in [0.2, 0.25) is 5.91 Å². The van der Waals surface area contributed by atoms with Crippen LogP contribution in [0.5, 0.6) is 0 Å². The monoisotopic (exact) mass is 222 g/mol. The van der Waals surface area contributed by atoms with Crippen LogP contribution < -0.4 is 0 Å². The van der Waals surface area contributed by atoms with E-state index in [1.54, 1.807) is 18.2 Å². The van der Waals surface area contributed by atoms with E-state index in [2.05, 4.69) is 4.98 Å². The number of rotatable bonds is 0. The largest absolute Gasteiger partial charge is 0.385 e. The van der Waals surface area contributed by atoms with Gasteiger partial charge >= 0.3 is 0 Å². The lowest BCUT2D eigenvalue weighted by atomic mass is 10.3. The van der Waals surface area contributed by atoms with Crippen LogP contribution in [-0.2, 0) is 0 Å². The van der Waals surface area contributed by atoms with Gasteiger partial charge in [-0.1, -0.05) is 11.6 Å². The fourth-order valence-electron chi connectivity index (χ4n) is 1.91. The number of hydrogen-bond donors (Lipinski definition) is 1. The van der Waals surface area contributed by atoms with E-state index in [1.807, 2.05) is 0 Å². The number of aromatic nitrogens is 2. The van der Waals surface area contributed by atoms with E-state index in [9.17, 15) is 9.90 Å². The topological polar surface area (TPSA) is 55.1 Å². The predicted octanol–water partition coefficient (Wildman–Crippen LogP) is 1.77. The average Bonchev–Trinajstić information content (AvgIpc) is 2.66. The van der Waals surface area contributed by atoms with Gasteiger partial charge in [0, 0.05) is 5.02 Å². The molecule has 1 aromatic carbocycles. The van der Waals surface area contributed by atoms with Crippen LogP contribution >= 0.6 is 11.6 Å². The number of halogens is 1. The molecule has 1 aliphatic heterocycles. The summed E-state index contributed by atoms with van der Waals surface area (Å²) < 4.78 is 1.45. The molecule has 0 aliphatic carbocycles. The molecule has 0 spiro atoms. The minimum Gasteiger partial charge on any atom is -0.385 e. The Balaban J connectivity index is 2.39. The minimum atomic E-state index is -0.788. The molecule has 5 heteroatoms. The van der Waals surface area contributed by atoms with Gasteiger partial charge in [-0.25, -0.2) is 4.98 Å². The van der Waals surface area contributed by atoms with Gasteiger partial charge in [0.05, 0.1) is 17.5 Å². The molecule has 4 nitrogen and oxygen atoms in total. The zero-order valence-electron chi connectivity index (χ0n) is 7.64. The summed E-state index contributed by atoms with van der Waals surface area (Å²) in [6.07, 6.45) is -0.676. The van der Waals surface area contributed by atoms with Gasteiger partial charge in [0.1, 0.15) is 11.9 Å². The molecule has 1 N–H and O–H groups in total. The van der Waals surface area contributed by atoms with Crippen LogP contribution in [0.2, 0.25) is 5.02 Å². The fourth-order valence-corrected chi connectivity index (χ4v) is 2.07. The van der Waals surface area contributed by atoms with Crippen LogP contribution in [0, 0.1) is 0 Å². The molecule has 1 aromatic heterocycles. The van der Waals surface area contributed by atoms with Gasteiger partial charge in [0.15, 0.2) is 0 Å². The highest BCUT2D eigenvalue weighted by Crippen LogP contribution is 2.30. The molecule has 0 amide bonds. The van der Waals surface area contributed by atoms with Crippen molar-refractivity contribution in [1.82, 2.24) is 9.55 Å². The Bertz CT molecular complexity index is 576. The van der Waals surface area contributed by atoms with E-state index in [0.29, 0.717) is 21.9 Å². The third kappa shape index (κ3) is 1.12. The van der Waals surface area contributed by atoms with Crippen molar-refractivity contribution in [3.8, 4) is 0 Å². The molecular weight excluding hydrogens is 216 g/mol. The standard InChI is InChI=1S/C10H7ClN2O2/c11-5-1-2-7-6(3-5)12-10-8(14)4-9(15)13(7)10/h1-3,8,14H,4H2/t8-/m0/s1. The first-order valence-electron chi connectivity index (χ1n) is 4.56. The Morgan fingerprint density at radius 1 is 1.53 bits per heavy atom. The lowest BCUT2D eigenvalue weighted by Crippen LogP contribution is -2.02. The zero-order chi connectivity index (χ0) is 10.6. The Labute approximate surface area is 90.1 Å². The van der Waals surface area contributed by atoms with Crippen LogP contribution in [0.1, 0.15) is 23.1 Å². The molecular formula is C10H7ClN2O2. The lowest BCUT2D eigenvalue weighted by molar-refractivity contribution is 0.0881. The van der Waals surface area contributed by atoms with Crippen LogP contribution in [0.3, 0.4) is 0 Å². The maximum atomic E-state index is 11.6. The summed E-state index contributed by atoms with van der Waals surface area (Å²) in [7, 11) is 0. The molecule has 0 saturated heterocycles. The van der Waals surface area contributed by atoms with Gasteiger partial charge in [-0.2, -0.15) is 0 Å². The highest BCUT2D eigenvalue weighted by atomic mass is 35.5. The van der Waals surface area contributed by atoms with Crippen molar-refractivity contribution >= 4 is 28.5 Å². The van der Waals surface area contributed by atoms with Gasteiger partial charge in [-0.15, -0.1) is 0 Å². The van der Waals surface area contributed by atoms with Gasteiger partial charge in [-0.3, -0.25) is 9.36 Å². The van der Waals surface area contributed by atoms with Crippen molar-refractivity contribution in [3.05, 3.63) is 29.0 Å². The smallest absolute Gasteiger partial charge is 0.235 e. The molecule has 15 heavy (non-hydrogen) atoms. The van der Waals surface area contributed by atoms with E-state index in [1.165, 1.54) is 4.57 Å². The third-order valence-electron chi connectivity index (χ3n) is 2.56. The first-order chi connectivity index (χ1) is 7.16. The molecule has 0 fully saturated rings. The van der Waals surface area contributed by atoms with Gasteiger partial charge in [0.25, 0.3) is 0 Å². The van der Waals surface area contributed by atoms with E-state index in [0.717, 1.165) is 0 Å². The molecule has 2 aromatic rings. The number of aliphatic hydroxyl groups is 1. The minimum absolute atomic E-state index is 0.112. The zero-order valence-corrected chi connectivity index (χ0v) is 8.40. The summed E-state index contributed by atoms with van der Waals surface area (Å²) in [5.41, 5.74) is 1.35. The predicted molar refractivity (Wildman–Crippen MR) is 54.9 cm³/mol. The van der Waals surface area contributed by atoms with Crippen molar-refractivity contribution in [3.63, 3.8) is 0 Å². The highest BCUT2D eigenvalue weighted by molar-refractivity contribution is 6.31. The molecule has 0 unspecified atom stereocenters. The number of benzene rings is 1. The average molecular weight is 223 g/mol. The second kappa shape index (κ2) is 2.81. The van der Waals surface area contributed by atoms with Gasteiger partial charge in [-0.05, 0) is 18.2 Å². The number of imidazole rings is 1. The second-order valence-corrected chi connectivity index (χ2v) is 3.99. The second-order valence-electron chi connectivity index (χ2n) is 3.55. The Morgan fingerprint density at radius 3 is 3.13 bits per heavy atom. The quantitative estimate of drug-likeness (QED) is 0.739. The first-order valence-corrected chi connectivity index (χ1v) is 4.94. The fraction of sp³-hybridized carbons (Fsp3) is 0.200. The molecule has 0 saturated carbocycles. The molecule has 2 heterocycles.